The third-order valence-corrected chi connectivity index (χ3v) is 8.74. The molecule has 0 saturated heterocycles. The van der Waals surface area contributed by atoms with Gasteiger partial charge in [0.1, 0.15) is 10.4 Å². The molecule has 6 nitrogen and oxygen atoms in total. The fourth-order valence-electron chi connectivity index (χ4n) is 6.52. The SMILES string of the molecule is c1cc2c3c(c1)-c1cccc[n+]1[N+]31c3c(ccc4c3-n3c5c(cccc5c5ccn[n+]1c53)S4)O2. The van der Waals surface area contributed by atoms with E-state index >= 15 is 0 Å². The molecule has 0 saturated carbocycles. The molecule has 0 N–H and O–H groups in total. The molecular weight excluding hydrogens is 442 g/mol. The van der Waals surface area contributed by atoms with Crippen molar-refractivity contribution in [2.24, 2.45) is 0 Å². The maximum atomic E-state index is 6.62. The number of fused-ring (bicyclic) bond motifs is 3. The Bertz CT molecular complexity index is 1990. The summed E-state index contributed by atoms with van der Waals surface area (Å²) in [6, 6.07) is 25.8. The molecule has 3 aromatic carbocycles. The van der Waals surface area contributed by atoms with Gasteiger partial charge in [-0.2, -0.15) is 4.57 Å². The minimum Gasteiger partial charge on any atom is -0.444 e. The summed E-state index contributed by atoms with van der Waals surface area (Å²) in [5.74, 6) is 1.74. The average molecular weight is 457 g/mol. The molecule has 156 valence electrons. The number of quaternary nitrogens is 1. The van der Waals surface area contributed by atoms with E-state index in [1.54, 1.807) is 0 Å². The number of aromatic nitrogens is 4. The molecule has 34 heavy (non-hydrogen) atoms. The predicted molar refractivity (Wildman–Crippen MR) is 127 cm³/mol. The molecule has 4 aliphatic heterocycles. The summed E-state index contributed by atoms with van der Waals surface area (Å²) in [6.07, 6.45) is 4.10. The number of pyridine rings is 1. The highest BCUT2D eigenvalue weighted by atomic mass is 32.2. The van der Waals surface area contributed by atoms with Crippen LogP contribution in [-0.4, -0.2) is 9.67 Å². The van der Waals surface area contributed by atoms with E-state index in [1.165, 1.54) is 37.3 Å². The van der Waals surface area contributed by atoms with Crippen molar-refractivity contribution < 1.29 is 14.2 Å². The number of hydrogen-bond acceptors (Lipinski definition) is 3. The van der Waals surface area contributed by atoms with Crippen molar-refractivity contribution in [3.8, 4) is 28.4 Å². The van der Waals surface area contributed by atoms with Gasteiger partial charge in [0, 0.05) is 22.2 Å². The topological polar surface area (TPSA) is 34.8 Å². The Labute approximate surface area is 197 Å². The van der Waals surface area contributed by atoms with E-state index in [-0.39, 0.29) is 0 Å². The molecule has 0 aliphatic carbocycles. The average Bonchev–Trinajstić information content (AvgIpc) is 3.38. The van der Waals surface area contributed by atoms with Crippen molar-refractivity contribution in [3.63, 3.8) is 0 Å². The second kappa shape index (κ2) is 4.99. The second-order valence-electron chi connectivity index (χ2n) is 9.09. The van der Waals surface area contributed by atoms with Gasteiger partial charge in [0.15, 0.2) is 16.0 Å². The van der Waals surface area contributed by atoms with Crippen LogP contribution in [0, 0.1) is 0 Å². The predicted octanol–water partition coefficient (Wildman–Crippen LogP) is 5.18. The molecule has 0 radical (unpaired) electrons. The summed E-state index contributed by atoms with van der Waals surface area (Å²) in [5, 5.41) is 7.53. The van der Waals surface area contributed by atoms with Crippen molar-refractivity contribution in [3.05, 3.63) is 85.2 Å². The summed E-state index contributed by atoms with van der Waals surface area (Å²) in [6.45, 7) is 0. The Kier molecular flexibility index (Phi) is 2.41. The molecule has 1 spiro atoms. The molecule has 1 unspecified atom stereocenters. The van der Waals surface area contributed by atoms with E-state index in [9.17, 15) is 0 Å². The van der Waals surface area contributed by atoms with Crippen molar-refractivity contribution in [1.29, 1.82) is 0 Å². The Morgan fingerprint density at radius 2 is 1.76 bits per heavy atom. The van der Waals surface area contributed by atoms with Crippen molar-refractivity contribution in [2.75, 3.05) is 0 Å². The molecule has 10 rings (SSSR count). The van der Waals surface area contributed by atoms with E-state index in [1.807, 2.05) is 18.0 Å². The number of rotatable bonds is 0. The highest BCUT2D eigenvalue weighted by molar-refractivity contribution is 7.99. The summed E-state index contributed by atoms with van der Waals surface area (Å²) in [5.41, 5.74) is 8.06. The highest BCUT2D eigenvalue weighted by Gasteiger charge is 2.71. The van der Waals surface area contributed by atoms with Gasteiger partial charge in [-0.1, -0.05) is 23.9 Å². The van der Waals surface area contributed by atoms with Crippen LogP contribution >= 0.6 is 11.8 Å². The Morgan fingerprint density at radius 3 is 2.76 bits per heavy atom. The number of para-hydroxylation sites is 2. The molecule has 3 aromatic heterocycles. The summed E-state index contributed by atoms with van der Waals surface area (Å²) in [7, 11) is 0. The Balaban J connectivity index is 1.59. The molecule has 7 heterocycles. The summed E-state index contributed by atoms with van der Waals surface area (Å²) in [4.78, 5) is 4.69. The first kappa shape index (κ1) is 16.4. The molecule has 1 atom stereocenters. The third kappa shape index (κ3) is 1.44. The van der Waals surface area contributed by atoms with Crippen LogP contribution in [0.3, 0.4) is 0 Å². The van der Waals surface area contributed by atoms with Crippen LogP contribution < -0.4 is 18.9 Å². The van der Waals surface area contributed by atoms with Crippen LogP contribution in [-0.2, 0) is 0 Å². The van der Waals surface area contributed by atoms with Crippen molar-refractivity contribution in [1.82, 2.24) is 14.4 Å². The maximum Gasteiger partial charge on any atom is 0.380 e. The maximum absolute atomic E-state index is 6.62. The van der Waals surface area contributed by atoms with Gasteiger partial charge < -0.3 is 4.74 Å². The van der Waals surface area contributed by atoms with Crippen LogP contribution in [0.4, 0.5) is 11.4 Å². The quantitative estimate of drug-likeness (QED) is 0.233. The largest absolute Gasteiger partial charge is 0.444 e. The normalized spacial score (nSPS) is 18.8. The van der Waals surface area contributed by atoms with Gasteiger partial charge in [-0.05, 0) is 53.6 Å². The van der Waals surface area contributed by atoms with E-state index < -0.39 is 0 Å². The second-order valence-corrected chi connectivity index (χ2v) is 10.2. The monoisotopic (exact) mass is 456 g/mol. The highest BCUT2D eigenvalue weighted by Crippen LogP contribution is 2.62. The van der Waals surface area contributed by atoms with E-state index in [4.69, 9.17) is 9.84 Å². The smallest absolute Gasteiger partial charge is 0.380 e. The zero-order valence-electron chi connectivity index (χ0n) is 17.6. The molecule has 6 aromatic rings. The fourth-order valence-corrected chi connectivity index (χ4v) is 7.62. The standard InChI is InChI=1S/C27H14N5OS/c1-2-14-29-18(7-1)17-6-3-8-19-25(17)32(29)26-20(33-19)10-11-22-24(26)30-23-15(5-4-9-21(23)34-22)16-12-13-28-31(32)27(16)30/h1-14H/q+3. The van der Waals surface area contributed by atoms with E-state index in [2.05, 4.69) is 93.0 Å². The van der Waals surface area contributed by atoms with Crippen LogP contribution in [0.5, 0.6) is 11.5 Å². The molecule has 0 bridgehead atoms. The first-order valence-electron chi connectivity index (χ1n) is 11.3. The van der Waals surface area contributed by atoms with Crippen LogP contribution in [0.25, 0.3) is 38.9 Å². The summed E-state index contributed by atoms with van der Waals surface area (Å²) < 4.78 is 11.7. The Hall–Kier alpha value is -4.20. The van der Waals surface area contributed by atoms with Gasteiger partial charge in [0.2, 0.25) is 17.6 Å². The molecule has 0 amide bonds. The molecule has 7 heteroatoms. The number of benzene rings is 3. The van der Waals surface area contributed by atoms with Gasteiger partial charge in [0.05, 0.1) is 21.4 Å². The molecule has 0 fully saturated rings. The van der Waals surface area contributed by atoms with Crippen LogP contribution in [0.15, 0.2) is 95.0 Å². The zero-order chi connectivity index (χ0) is 21.8. The lowest BCUT2D eigenvalue weighted by Gasteiger charge is -2.31. The lowest BCUT2D eigenvalue weighted by molar-refractivity contribution is -1.05. The van der Waals surface area contributed by atoms with E-state index in [0.717, 1.165) is 34.2 Å². The fraction of sp³-hybridized carbons (Fsp3) is 0. The van der Waals surface area contributed by atoms with Gasteiger partial charge >= 0.3 is 17.0 Å². The number of hydrogen-bond donors (Lipinski definition) is 0. The van der Waals surface area contributed by atoms with Gasteiger partial charge in [-0.3, -0.25) is 0 Å². The van der Waals surface area contributed by atoms with E-state index in [0.29, 0.717) is 4.70 Å². The van der Waals surface area contributed by atoms with Crippen LogP contribution in [0.2, 0.25) is 0 Å². The molecule has 4 aliphatic rings. The third-order valence-electron chi connectivity index (χ3n) is 7.64. The van der Waals surface area contributed by atoms with Crippen molar-refractivity contribution >= 4 is 45.1 Å². The first-order chi connectivity index (χ1) is 16.9. The first-order valence-corrected chi connectivity index (χ1v) is 12.1. The molecular formula is C27H14N5OS+3. The van der Waals surface area contributed by atoms with Gasteiger partial charge in [-0.15, -0.1) is 0 Å². The van der Waals surface area contributed by atoms with Crippen molar-refractivity contribution in [2.45, 2.75) is 9.79 Å². The van der Waals surface area contributed by atoms with Crippen LogP contribution in [0.1, 0.15) is 0 Å². The summed E-state index contributed by atoms with van der Waals surface area (Å²) >= 11 is 1.84. The minimum atomic E-state index is 0.323. The zero-order valence-corrected chi connectivity index (χ0v) is 18.5. The number of nitrogens with zero attached hydrogens (tertiary/aromatic N) is 5. The lowest BCUT2D eigenvalue weighted by atomic mass is 10.1. The van der Waals surface area contributed by atoms with Gasteiger partial charge in [0.25, 0.3) is 5.69 Å². The lowest BCUT2D eigenvalue weighted by Crippen LogP contribution is -2.85. The Morgan fingerprint density at radius 1 is 0.824 bits per heavy atom. The minimum absolute atomic E-state index is 0.323. The number of ether oxygens (including phenoxy) is 1. The van der Waals surface area contributed by atoms with Gasteiger partial charge in [-0.25, -0.2) is 0 Å².